The summed E-state index contributed by atoms with van der Waals surface area (Å²) in [6.45, 7) is 5.75. The predicted octanol–water partition coefficient (Wildman–Crippen LogP) is 3.35. The Morgan fingerprint density at radius 3 is 2.57 bits per heavy atom. The summed E-state index contributed by atoms with van der Waals surface area (Å²) in [6.07, 6.45) is 5.55. The van der Waals surface area contributed by atoms with Crippen LogP contribution in [0.3, 0.4) is 0 Å². The van der Waals surface area contributed by atoms with Gasteiger partial charge < -0.3 is 5.73 Å². The van der Waals surface area contributed by atoms with Crippen LogP contribution in [0.1, 0.15) is 31.2 Å². The highest BCUT2D eigenvalue weighted by Gasteiger charge is 2.32. The van der Waals surface area contributed by atoms with Gasteiger partial charge in [-0.1, -0.05) is 30.5 Å². The molecule has 1 aliphatic carbocycles. The largest absolute Gasteiger partial charge is 0.397 e. The first kappa shape index (κ1) is 16.3. The molecule has 4 nitrogen and oxygen atoms in total. The van der Waals surface area contributed by atoms with Crippen LogP contribution in [-0.4, -0.2) is 25.3 Å². The van der Waals surface area contributed by atoms with Crippen molar-refractivity contribution >= 4 is 27.3 Å². The number of nitrogens with zero attached hydrogens (tertiary/aromatic N) is 1. The summed E-state index contributed by atoms with van der Waals surface area (Å²) in [4.78, 5) is 0.204. The SMILES string of the molecule is C=CCN(C1CCCC1)S(=O)(=O)c1cc(C)c(Cl)c(N)c1. The van der Waals surface area contributed by atoms with Crippen molar-refractivity contribution in [2.24, 2.45) is 0 Å². The van der Waals surface area contributed by atoms with Crippen LogP contribution >= 0.6 is 11.6 Å². The molecule has 2 rings (SSSR count). The van der Waals surface area contributed by atoms with Gasteiger partial charge in [0.1, 0.15) is 0 Å². The van der Waals surface area contributed by atoms with Gasteiger partial charge in [-0.15, -0.1) is 6.58 Å². The highest BCUT2D eigenvalue weighted by Crippen LogP contribution is 2.32. The maximum Gasteiger partial charge on any atom is 0.243 e. The van der Waals surface area contributed by atoms with Gasteiger partial charge >= 0.3 is 0 Å². The quantitative estimate of drug-likeness (QED) is 0.666. The van der Waals surface area contributed by atoms with Crippen LogP contribution in [0.15, 0.2) is 29.7 Å². The lowest BCUT2D eigenvalue weighted by atomic mass is 10.2. The van der Waals surface area contributed by atoms with Crippen molar-refractivity contribution in [2.45, 2.75) is 43.5 Å². The van der Waals surface area contributed by atoms with E-state index in [0.29, 0.717) is 22.8 Å². The average molecular weight is 329 g/mol. The van der Waals surface area contributed by atoms with E-state index in [0.717, 1.165) is 25.7 Å². The van der Waals surface area contributed by atoms with Crippen molar-refractivity contribution in [1.29, 1.82) is 0 Å². The minimum Gasteiger partial charge on any atom is -0.397 e. The van der Waals surface area contributed by atoms with E-state index in [2.05, 4.69) is 6.58 Å². The summed E-state index contributed by atoms with van der Waals surface area (Å²) in [5, 5.41) is 0.407. The molecule has 0 spiro atoms. The summed E-state index contributed by atoms with van der Waals surface area (Å²) in [5.74, 6) is 0. The number of rotatable bonds is 5. The van der Waals surface area contributed by atoms with E-state index in [-0.39, 0.29) is 10.9 Å². The monoisotopic (exact) mass is 328 g/mol. The number of nitrogen functional groups attached to an aromatic ring is 1. The first-order chi connectivity index (χ1) is 9.87. The van der Waals surface area contributed by atoms with E-state index in [1.54, 1.807) is 19.1 Å². The zero-order chi connectivity index (χ0) is 15.6. The fraction of sp³-hybridized carbons (Fsp3) is 0.467. The Balaban J connectivity index is 2.45. The van der Waals surface area contributed by atoms with Crippen LogP contribution in [0.4, 0.5) is 5.69 Å². The van der Waals surface area contributed by atoms with Crippen LogP contribution in [0, 0.1) is 6.92 Å². The van der Waals surface area contributed by atoms with Gasteiger partial charge in [0, 0.05) is 12.6 Å². The molecule has 1 fully saturated rings. The van der Waals surface area contributed by atoms with Gasteiger partial charge in [-0.2, -0.15) is 4.31 Å². The second kappa shape index (κ2) is 6.38. The Kier molecular flexibility index (Phi) is 4.96. The number of nitrogens with two attached hydrogens (primary N) is 1. The third-order valence-electron chi connectivity index (χ3n) is 3.90. The van der Waals surface area contributed by atoms with Crippen molar-refractivity contribution in [3.63, 3.8) is 0 Å². The van der Waals surface area contributed by atoms with Crippen LogP contribution in [-0.2, 0) is 10.0 Å². The first-order valence-electron chi connectivity index (χ1n) is 7.06. The Labute approximate surface area is 131 Å². The zero-order valence-electron chi connectivity index (χ0n) is 12.2. The topological polar surface area (TPSA) is 63.4 Å². The number of benzene rings is 1. The van der Waals surface area contributed by atoms with Gasteiger partial charge in [0.25, 0.3) is 0 Å². The molecular formula is C15H21ClN2O2S. The van der Waals surface area contributed by atoms with Gasteiger partial charge in [-0.3, -0.25) is 0 Å². The van der Waals surface area contributed by atoms with Crippen molar-refractivity contribution in [1.82, 2.24) is 4.31 Å². The molecule has 1 aromatic rings. The average Bonchev–Trinajstić information content (AvgIpc) is 2.95. The minimum absolute atomic E-state index is 0.0465. The number of sulfonamides is 1. The van der Waals surface area contributed by atoms with Crippen LogP contribution in [0.5, 0.6) is 0 Å². The highest BCUT2D eigenvalue weighted by atomic mass is 35.5. The van der Waals surface area contributed by atoms with Crippen LogP contribution < -0.4 is 5.73 Å². The smallest absolute Gasteiger partial charge is 0.243 e. The molecule has 1 aromatic carbocycles. The summed E-state index contributed by atoms with van der Waals surface area (Å²) in [5.41, 5.74) is 6.77. The van der Waals surface area contributed by atoms with Crippen LogP contribution in [0.2, 0.25) is 5.02 Å². The molecule has 0 unspecified atom stereocenters. The number of halogens is 1. The molecule has 116 valence electrons. The molecule has 0 radical (unpaired) electrons. The molecule has 0 aliphatic heterocycles. The minimum atomic E-state index is -3.58. The molecule has 0 bridgehead atoms. The molecule has 1 aliphatic rings. The lowest BCUT2D eigenvalue weighted by Gasteiger charge is -2.27. The molecule has 1 saturated carbocycles. The lowest BCUT2D eigenvalue weighted by Crippen LogP contribution is -2.38. The third-order valence-corrected chi connectivity index (χ3v) is 6.32. The first-order valence-corrected chi connectivity index (χ1v) is 8.88. The molecule has 21 heavy (non-hydrogen) atoms. The van der Waals surface area contributed by atoms with Crippen molar-refractivity contribution in [3.8, 4) is 0 Å². The van der Waals surface area contributed by atoms with E-state index in [1.807, 2.05) is 0 Å². The Morgan fingerprint density at radius 1 is 1.43 bits per heavy atom. The van der Waals surface area contributed by atoms with E-state index < -0.39 is 10.0 Å². The molecule has 0 amide bonds. The third kappa shape index (κ3) is 3.25. The van der Waals surface area contributed by atoms with Crippen molar-refractivity contribution < 1.29 is 8.42 Å². The van der Waals surface area contributed by atoms with Gasteiger partial charge in [0.15, 0.2) is 0 Å². The second-order valence-corrected chi connectivity index (χ2v) is 7.71. The molecule has 2 N–H and O–H groups in total. The van der Waals surface area contributed by atoms with Crippen molar-refractivity contribution in [3.05, 3.63) is 35.4 Å². The fourth-order valence-electron chi connectivity index (χ4n) is 2.81. The molecule has 0 heterocycles. The maximum atomic E-state index is 12.9. The fourth-order valence-corrected chi connectivity index (χ4v) is 4.70. The van der Waals surface area contributed by atoms with Gasteiger partial charge in [-0.05, 0) is 37.5 Å². The lowest BCUT2D eigenvalue weighted by molar-refractivity contribution is 0.347. The normalized spacial score (nSPS) is 16.5. The summed E-state index contributed by atoms with van der Waals surface area (Å²) < 4.78 is 27.3. The Morgan fingerprint density at radius 2 is 2.05 bits per heavy atom. The molecule has 0 atom stereocenters. The van der Waals surface area contributed by atoms with E-state index in [1.165, 1.54) is 10.4 Å². The van der Waals surface area contributed by atoms with E-state index >= 15 is 0 Å². The Hall–Kier alpha value is -1.04. The number of anilines is 1. The number of hydrogen-bond acceptors (Lipinski definition) is 3. The standard InChI is InChI=1S/C15H21ClN2O2S/c1-3-8-18(12-6-4-5-7-12)21(19,20)13-9-11(2)15(16)14(17)10-13/h3,9-10,12H,1,4-8,17H2,2H3. The molecule has 6 heteroatoms. The van der Waals surface area contributed by atoms with Crippen molar-refractivity contribution in [2.75, 3.05) is 12.3 Å². The highest BCUT2D eigenvalue weighted by molar-refractivity contribution is 7.89. The molecule has 0 aromatic heterocycles. The summed E-state index contributed by atoms with van der Waals surface area (Å²) >= 11 is 6.02. The molecule has 0 saturated heterocycles. The van der Waals surface area contributed by atoms with E-state index in [4.69, 9.17) is 17.3 Å². The summed E-state index contributed by atoms with van der Waals surface area (Å²) in [7, 11) is -3.58. The summed E-state index contributed by atoms with van der Waals surface area (Å²) in [6, 6.07) is 3.07. The van der Waals surface area contributed by atoms with Gasteiger partial charge in [0.2, 0.25) is 10.0 Å². The number of aryl methyl sites for hydroxylation is 1. The molecular weight excluding hydrogens is 308 g/mol. The maximum absolute atomic E-state index is 12.9. The Bertz CT molecular complexity index is 614. The number of hydrogen-bond donors (Lipinski definition) is 1. The zero-order valence-corrected chi connectivity index (χ0v) is 13.8. The predicted molar refractivity (Wildman–Crippen MR) is 86.9 cm³/mol. The van der Waals surface area contributed by atoms with Gasteiger partial charge in [-0.25, -0.2) is 8.42 Å². The van der Waals surface area contributed by atoms with E-state index in [9.17, 15) is 8.42 Å². The van der Waals surface area contributed by atoms with Crippen LogP contribution in [0.25, 0.3) is 0 Å². The second-order valence-electron chi connectivity index (χ2n) is 5.45. The van der Waals surface area contributed by atoms with Gasteiger partial charge in [0.05, 0.1) is 15.6 Å².